The third-order valence-electron chi connectivity index (χ3n) is 7.65. The zero-order chi connectivity index (χ0) is 29.1. The first-order valence-electron chi connectivity index (χ1n) is 13.9. The van der Waals surface area contributed by atoms with Crippen molar-refractivity contribution in [1.82, 2.24) is 4.57 Å². The van der Waals surface area contributed by atoms with Gasteiger partial charge in [0.2, 0.25) is 6.79 Å². The van der Waals surface area contributed by atoms with Gasteiger partial charge in [0.25, 0.3) is 5.56 Å². The Morgan fingerprint density at radius 3 is 1.90 bits per heavy atom. The lowest BCUT2D eigenvalue weighted by Gasteiger charge is -2.15. The second-order valence-corrected chi connectivity index (χ2v) is 10.1. The van der Waals surface area contributed by atoms with Crippen molar-refractivity contribution in [2.75, 3.05) is 34.2 Å². The standard InChI is InChI=1S/C20H15NO6.C8H14O2.C3H6O/c1-21-18-10-5-15-16(27-8-26-15)6-11(10)19(22)17(18)9-4-13(24-2)14(25-3)7-12(9)20(21)23;1-3-7(9-5-1)8-4-2-6-10-8;1-2-3-4/h4-7H,8H2,1-3H3;7-8H,1-6H2;3H,2H2,1H3. The molecule has 3 aliphatic heterocycles. The number of aromatic nitrogens is 1. The zero-order valence-electron chi connectivity index (χ0n) is 23.8. The minimum atomic E-state index is -0.219. The quantitative estimate of drug-likeness (QED) is 0.332. The van der Waals surface area contributed by atoms with Gasteiger partial charge in [0.05, 0.1) is 43.1 Å². The van der Waals surface area contributed by atoms with Gasteiger partial charge >= 0.3 is 0 Å². The van der Waals surface area contributed by atoms with Crippen LogP contribution < -0.4 is 24.5 Å². The number of pyridine rings is 1. The van der Waals surface area contributed by atoms with E-state index in [0.29, 0.717) is 74.8 Å². The number of benzene rings is 2. The number of ketones is 1. The summed E-state index contributed by atoms with van der Waals surface area (Å²) in [7, 11) is 4.68. The van der Waals surface area contributed by atoms with E-state index in [1.165, 1.54) is 44.5 Å². The number of carbonyl (C=O) groups excluding carboxylic acids is 2. The minimum Gasteiger partial charge on any atom is -0.493 e. The topological polar surface area (TPSA) is 112 Å². The maximum absolute atomic E-state index is 13.2. The van der Waals surface area contributed by atoms with Crippen LogP contribution in [0.4, 0.5) is 0 Å². The predicted octanol–water partition coefficient (Wildman–Crippen LogP) is 4.44. The summed E-state index contributed by atoms with van der Waals surface area (Å²) in [6.45, 7) is 3.83. The first-order valence-corrected chi connectivity index (χ1v) is 13.9. The summed E-state index contributed by atoms with van der Waals surface area (Å²) in [6, 6.07) is 6.72. The van der Waals surface area contributed by atoms with Crippen LogP contribution in [0.1, 0.15) is 54.9 Å². The fraction of sp³-hybridized carbons (Fsp3) is 0.452. The second kappa shape index (κ2) is 12.3. The molecule has 0 spiro atoms. The molecule has 7 rings (SSSR count). The van der Waals surface area contributed by atoms with Gasteiger partial charge in [-0.1, -0.05) is 6.92 Å². The molecule has 4 heterocycles. The van der Waals surface area contributed by atoms with E-state index in [1.807, 2.05) is 6.92 Å². The van der Waals surface area contributed by atoms with Crippen LogP contribution in [0, 0.1) is 0 Å². The van der Waals surface area contributed by atoms with Crippen LogP contribution in [0.15, 0.2) is 29.1 Å². The van der Waals surface area contributed by atoms with Gasteiger partial charge in [-0.05, 0) is 49.9 Å². The zero-order valence-corrected chi connectivity index (χ0v) is 23.8. The number of methoxy groups -OCH3 is 2. The number of ether oxygens (including phenoxy) is 6. The Morgan fingerprint density at radius 2 is 1.41 bits per heavy atom. The van der Waals surface area contributed by atoms with Gasteiger partial charge in [-0.25, -0.2) is 0 Å². The van der Waals surface area contributed by atoms with E-state index >= 15 is 0 Å². The molecular formula is C31H35NO9. The van der Waals surface area contributed by atoms with E-state index in [1.54, 1.807) is 31.3 Å². The van der Waals surface area contributed by atoms with Crippen LogP contribution in [0.3, 0.4) is 0 Å². The molecule has 1 aliphatic carbocycles. The lowest BCUT2D eigenvalue weighted by atomic mass is 10.0. The molecule has 0 N–H and O–H groups in total. The minimum absolute atomic E-state index is 0.118. The molecule has 0 bridgehead atoms. The number of fused-ring (bicyclic) bond motifs is 6. The SMILES string of the molecule is C1COC(C2CCCO2)C1.CCC=O.COc1cc2c3c(n(C)c(=O)c2cc1OC)-c1cc2c(cc1C3=O)OCO2. The lowest BCUT2D eigenvalue weighted by Crippen LogP contribution is -2.23. The van der Waals surface area contributed by atoms with Crippen LogP contribution in [0.2, 0.25) is 0 Å². The van der Waals surface area contributed by atoms with Gasteiger partial charge in [0.15, 0.2) is 28.8 Å². The molecule has 4 aliphatic rings. The van der Waals surface area contributed by atoms with E-state index in [2.05, 4.69) is 0 Å². The van der Waals surface area contributed by atoms with Crippen molar-refractivity contribution in [2.24, 2.45) is 7.05 Å². The number of hydrogen-bond acceptors (Lipinski definition) is 9. The highest BCUT2D eigenvalue weighted by Gasteiger charge is 2.35. The Balaban J connectivity index is 0.000000199. The predicted molar refractivity (Wildman–Crippen MR) is 152 cm³/mol. The van der Waals surface area contributed by atoms with E-state index < -0.39 is 0 Å². The highest BCUT2D eigenvalue weighted by atomic mass is 16.7. The van der Waals surface area contributed by atoms with Crippen LogP contribution in [0.25, 0.3) is 22.0 Å². The Hall–Kier alpha value is -3.89. The Labute approximate surface area is 238 Å². The highest BCUT2D eigenvalue weighted by Crippen LogP contribution is 2.46. The van der Waals surface area contributed by atoms with Crippen LogP contribution in [-0.4, -0.2) is 63.1 Å². The Bertz CT molecular complexity index is 1500. The first kappa shape index (κ1) is 28.6. The van der Waals surface area contributed by atoms with Crippen LogP contribution >= 0.6 is 0 Å². The van der Waals surface area contributed by atoms with Gasteiger partial charge in [-0.3, -0.25) is 9.59 Å². The molecule has 41 heavy (non-hydrogen) atoms. The summed E-state index contributed by atoms with van der Waals surface area (Å²) in [6.07, 6.45) is 7.26. The molecule has 2 atom stereocenters. The molecule has 3 aromatic rings. The van der Waals surface area contributed by atoms with Crippen LogP contribution in [0.5, 0.6) is 23.0 Å². The van der Waals surface area contributed by atoms with Gasteiger partial charge < -0.3 is 37.8 Å². The van der Waals surface area contributed by atoms with E-state index in [9.17, 15) is 14.4 Å². The molecule has 10 heteroatoms. The molecule has 2 unspecified atom stereocenters. The average Bonchev–Trinajstić information content (AvgIpc) is 3.82. The van der Waals surface area contributed by atoms with Gasteiger partial charge in [0.1, 0.15) is 6.29 Å². The van der Waals surface area contributed by atoms with E-state index in [0.717, 1.165) is 19.5 Å². The van der Waals surface area contributed by atoms with E-state index in [4.69, 9.17) is 28.4 Å². The fourth-order valence-corrected chi connectivity index (χ4v) is 5.64. The number of nitrogens with zero attached hydrogens (tertiary/aromatic N) is 1. The smallest absolute Gasteiger partial charge is 0.258 e. The monoisotopic (exact) mass is 565 g/mol. The number of aldehydes is 1. The second-order valence-electron chi connectivity index (χ2n) is 10.1. The van der Waals surface area contributed by atoms with Crippen molar-refractivity contribution in [3.8, 4) is 34.3 Å². The highest BCUT2D eigenvalue weighted by molar-refractivity contribution is 6.27. The van der Waals surface area contributed by atoms with Crippen molar-refractivity contribution in [3.05, 3.63) is 45.7 Å². The molecular weight excluding hydrogens is 530 g/mol. The number of rotatable bonds is 4. The van der Waals surface area contributed by atoms with Crippen molar-refractivity contribution in [1.29, 1.82) is 0 Å². The van der Waals surface area contributed by atoms with Crippen molar-refractivity contribution in [3.63, 3.8) is 0 Å². The van der Waals surface area contributed by atoms with Gasteiger partial charge in [0, 0.05) is 43.2 Å². The maximum atomic E-state index is 13.2. The summed E-state index contributed by atoms with van der Waals surface area (Å²) < 4.78 is 34.0. The summed E-state index contributed by atoms with van der Waals surface area (Å²) in [5, 5.41) is 0.934. The number of hydrogen-bond donors (Lipinski definition) is 0. The summed E-state index contributed by atoms with van der Waals surface area (Å²) in [4.78, 5) is 35.4. The summed E-state index contributed by atoms with van der Waals surface area (Å²) >= 11 is 0. The maximum Gasteiger partial charge on any atom is 0.258 e. The summed E-state index contributed by atoms with van der Waals surface area (Å²) in [5.41, 5.74) is 1.97. The van der Waals surface area contributed by atoms with Crippen LogP contribution in [-0.2, 0) is 21.3 Å². The number of carbonyl (C=O) groups is 2. The van der Waals surface area contributed by atoms with Crippen molar-refractivity contribution in [2.45, 2.75) is 51.2 Å². The van der Waals surface area contributed by atoms with Gasteiger partial charge in [-0.15, -0.1) is 0 Å². The Morgan fingerprint density at radius 1 is 0.878 bits per heavy atom. The molecule has 2 aromatic carbocycles. The first-order chi connectivity index (χ1) is 19.9. The molecule has 0 saturated carbocycles. The molecule has 0 amide bonds. The third-order valence-corrected chi connectivity index (χ3v) is 7.65. The molecule has 218 valence electrons. The van der Waals surface area contributed by atoms with Crippen molar-refractivity contribution < 1.29 is 38.0 Å². The largest absolute Gasteiger partial charge is 0.493 e. The van der Waals surface area contributed by atoms with E-state index in [-0.39, 0.29) is 18.1 Å². The van der Waals surface area contributed by atoms with Gasteiger partial charge in [-0.2, -0.15) is 0 Å². The fourth-order valence-electron chi connectivity index (χ4n) is 5.64. The molecule has 1 aromatic heterocycles. The Kier molecular flexibility index (Phi) is 8.60. The molecule has 2 fully saturated rings. The average molecular weight is 566 g/mol. The third kappa shape index (κ3) is 5.29. The normalized spacial score (nSPS) is 19.6. The molecule has 0 radical (unpaired) electrons. The molecule has 2 saturated heterocycles. The van der Waals surface area contributed by atoms with Crippen molar-refractivity contribution >= 4 is 22.8 Å². The molecule has 10 nitrogen and oxygen atoms in total. The summed E-state index contributed by atoms with van der Waals surface area (Å²) in [5.74, 6) is 1.83. The lowest BCUT2D eigenvalue weighted by molar-refractivity contribution is -0.107.